The van der Waals surface area contributed by atoms with E-state index in [4.69, 9.17) is 11.6 Å². The molecular weight excluding hydrogens is 160 g/mol. The molecule has 0 spiro atoms. The number of halogens is 1. The Bertz CT molecular complexity index is 392. The second-order valence-electron chi connectivity index (χ2n) is 2.36. The van der Waals surface area contributed by atoms with Crippen molar-refractivity contribution in [3.63, 3.8) is 0 Å². The smallest absolute Gasteiger partial charge is 0.134 e. The van der Waals surface area contributed by atoms with Gasteiger partial charge in [-0.1, -0.05) is 17.7 Å². The van der Waals surface area contributed by atoms with Gasteiger partial charge in [0.05, 0.1) is 5.52 Å². The van der Waals surface area contributed by atoms with Gasteiger partial charge in [0, 0.05) is 12.4 Å². The van der Waals surface area contributed by atoms with Crippen LogP contribution < -0.4 is 0 Å². The molecule has 11 heavy (non-hydrogen) atoms. The van der Waals surface area contributed by atoms with Crippen LogP contribution >= 0.6 is 11.6 Å². The standard InChI is InChI=1S/C8H6ClN2/c1-11-8(9)6-4-2-3-5-7(6)10-11/h3-5H,1H3. The molecule has 0 aliphatic heterocycles. The van der Waals surface area contributed by atoms with Crippen LogP contribution in [0.4, 0.5) is 0 Å². The van der Waals surface area contributed by atoms with Crippen molar-refractivity contribution in [3.05, 3.63) is 29.4 Å². The summed E-state index contributed by atoms with van der Waals surface area (Å²) >= 11 is 5.92. The molecule has 55 valence electrons. The van der Waals surface area contributed by atoms with Crippen molar-refractivity contribution < 1.29 is 0 Å². The molecule has 1 aromatic carbocycles. The summed E-state index contributed by atoms with van der Waals surface area (Å²) in [5, 5.41) is 5.80. The third kappa shape index (κ3) is 0.906. The highest BCUT2D eigenvalue weighted by atomic mass is 35.5. The average molecular weight is 166 g/mol. The highest BCUT2D eigenvalue weighted by molar-refractivity contribution is 6.34. The Labute approximate surface area is 69.4 Å². The molecule has 1 heterocycles. The van der Waals surface area contributed by atoms with Gasteiger partial charge in [-0.05, 0) is 18.2 Å². The Morgan fingerprint density at radius 2 is 2.45 bits per heavy atom. The zero-order valence-corrected chi connectivity index (χ0v) is 6.76. The van der Waals surface area contributed by atoms with E-state index in [2.05, 4.69) is 11.2 Å². The van der Waals surface area contributed by atoms with E-state index in [1.807, 2.05) is 25.2 Å². The summed E-state index contributed by atoms with van der Waals surface area (Å²) in [5.41, 5.74) is 0.913. The van der Waals surface area contributed by atoms with Crippen LogP contribution in [-0.2, 0) is 7.05 Å². The molecule has 0 atom stereocenters. The van der Waals surface area contributed by atoms with E-state index in [0.29, 0.717) is 5.15 Å². The SMILES string of the molecule is Cn1nc2cc[c]cc2c1Cl. The molecule has 0 N–H and O–H groups in total. The van der Waals surface area contributed by atoms with Crippen molar-refractivity contribution in [2.75, 3.05) is 0 Å². The molecule has 2 rings (SSSR count). The predicted octanol–water partition coefficient (Wildman–Crippen LogP) is 2.03. The first-order chi connectivity index (χ1) is 5.29. The summed E-state index contributed by atoms with van der Waals surface area (Å²) < 4.78 is 1.65. The molecule has 1 aromatic heterocycles. The second-order valence-corrected chi connectivity index (χ2v) is 2.72. The number of aromatic nitrogens is 2. The van der Waals surface area contributed by atoms with Crippen LogP contribution in [0.3, 0.4) is 0 Å². The fourth-order valence-corrected chi connectivity index (χ4v) is 1.24. The molecule has 0 saturated carbocycles. The van der Waals surface area contributed by atoms with Crippen LogP contribution in [0.2, 0.25) is 5.15 Å². The van der Waals surface area contributed by atoms with Gasteiger partial charge < -0.3 is 0 Å². The molecule has 0 aliphatic carbocycles. The number of rotatable bonds is 0. The van der Waals surface area contributed by atoms with Crippen LogP contribution in [0.25, 0.3) is 10.9 Å². The monoisotopic (exact) mass is 165 g/mol. The maximum atomic E-state index is 5.92. The van der Waals surface area contributed by atoms with Crippen molar-refractivity contribution in [1.29, 1.82) is 0 Å². The van der Waals surface area contributed by atoms with Gasteiger partial charge in [0.15, 0.2) is 0 Å². The summed E-state index contributed by atoms with van der Waals surface area (Å²) in [5.74, 6) is 0. The molecule has 0 saturated heterocycles. The minimum atomic E-state index is 0.664. The Morgan fingerprint density at radius 3 is 3.18 bits per heavy atom. The number of nitrogens with zero attached hydrogens (tertiary/aromatic N) is 2. The minimum Gasteiger partial charge on any atom is -0.256 e. The first-order valence-corrected chi connectivity index (χ1v) is 3.65. The molecule has 0 aliphatic rings. The predicted molar refractivity (Wildman–Crippen MR) is 44.6 cm³/mol. The van der Waals surface area contributed by atoms with E-state index in [0.717, 1.165) is 10.9 Å². The van der Waals surface area contributed by atoms with Crippen LogP contribution in [0, 0.1) is 6.07 Å². The molecule has 2 aromatic rings. The van der Waals surface area contributed by atoms with Gasteiger partial charge >= 0.3 is 0 Å². The van der Waals surface area contributed by atoms with Gasteiger partial charge in [-0.2, -0.15) is 5.10 Å². The Kier molecular flexibility index (Phi) is 1.36. The zero-order chi connectivity index (χ0) is 7.84. The molecule has 0 unspecified atom stereocenters. The molecule has 0 fully saturated rings. The van der Waals surface area contributed by atoms with Crippen molar-refractivity contribution in [1.82, 2.24) is 9.78 Å². The van der Waals surface area contributed by atoms with Crippen molar-refractivity contribution in [2.45, 2.75) is 0 Å². The van der Waals surface area contributed by atoms with E-state index >= 15 is 0 Å². The largest absolute Gasteiger partial charge is 0.256 e. The molecule has 0 amide bonds. The maximum absolute atomic E-state index is 5.92. The van der Waals surface area contributed by atoms with Gasteiger partial charge in [0.2, 0.25) is 0 Å². The summed E-state index contributed by atoms with van der Waals surface area (Å²) in [6.45, 7) is 0. The lowest BCUT2D eigenvalue weighted by atomic mass is 10.3. The summed E-state index contributed by atoms with van der Waals surface area (Å²) in [7, 11) is 1.82. The average Bonchev–Trinajstić information content (AvgIpc) is 2.30. The van der Waals surface area contributed by atoms with Crippen molar-refractivity contribution in [3.8, 4) is 0 Å². The lowest BCUT2D eigenvalue weighted by Crippen LogP contribution is -1.87. The summed E-state index contributed by atoms with van der Waals surface area (Å²) in [4.78, 5) is 0. The number of fused-ring (bicyclic) bond motifs is 1. The van der Waals surface area contributed by atoms with Crippen LogP contribution in [0.1, 0.15) is 0 Å². The zero-order valence-electron chi connectivity index (χ0n) is 6.00. The first kappa shape index (κ1) is 6.68. The number of benzene rings is 1. The summed E-state index contributed by atoms with van der Waals surface area (Å²) in [6.07, 6.45) is 0. The van der Waals surface area contributed by atoms with Gasteiger partial charge in [-0.3, -0.25) is 4.68 Å². The second kappa shape index (κ2) is 2.24. The van der Waals surface area contributed by atoms with Crippen molar-refractivity contribution in [2.24, 2.45) is 7.05 Å². The van der Waals surface area contributed by atoms with Gasteiger partial charge in [-0.15, -0.1) is 0 Å². The first-order valence-electron chi connectivity index (χ1n) is 3.27. The van der Waals surface area contributed by atoms with Crippen LogP contribution in [0.15, 0.2) is 18.2 Å². The minimum absolute atomic E-state index is 0.664. The van der Waals surface area contributed by atoms with E-state index in [1.165, 1.54) is 0 Å². The lowest BCUT2D eigenvalue weighted by Gasteiger charge is -1.87. The van der Waals surface area contributed by atoms with E-state index < -0.39 is 0 Å². The number of aryl methyl sites for hydroxylation is 1. The van der Waals surface area contributed by atoms with Crippen molar-refractivity contribution >= 4 is 22.5 Å². The third-order valence-electron chi connectivity index (χ3n) is 1.61. The van der Waals surface area contributed by atoms with E-state index in [-0.39, 0.29) is 0 Å². The maximum Gasteiger partial charge on any atom is 0.134 e. The van der Waals surface area contributed by atoms with Gasteiger partial charge in [0.25, 0.3) is 0 Å². The highest BCUT2D eigenvalue weighted by Gasteiger charge is 2.03. The van der Waals surface area contributed by atoms with E-state index in [1.54, 1.807) is 4.68 Å². The number of hydrogen-bond donors (Lipinski definition) is 0. The topological polar surface area (TPSA) is 17.8 Å². The third-order valence-corrected chi connectivity index (χ3v) is 2.05. The Morgan fingerprint density at radius 1 is 1.64 bits per heavy atom. The molecule has 3 heteroatoms. The highest BCUT2D eigenvalue weighted by Crippen LogP contribution is 2.20. The van der Waals surface area contributed by atoms with Crippen LogP contribution in [-0.4, -0.2) is 9.78 Å². The fourth-order valence-electron chi connectivity index (χ4n) is 1.05. The lowest BCUT2D eigenvalue weighted by molar-refractivity contribution is 0.780. The Hall–Kier alpha value is -1.02. The Balaban J connectivity index is 2.92. The van der Waals surface area contributed by atoms with E-state index in [9.17, 15) is 0 Å². The summed E-state index contributed by atoms with van der Waals surface area (Å²) in [6, 6.07) is 8.50. The molecule has 2 nitrogen and oxygen atoms in total. The quantitative estimate of drug-likeness (QED) is 0.584. The van der Waals surface area contributed by atoms with Gasteiger partial charge in [-0.25, -0.2) is 0 Å². The van der Waals surface area contributed by atoms with Gasteiger partial charge in [0.1, 0.15) is 5.15 Å². The molecule has 0 bridgehead atoms. The van der Waals surface area contributed by atoms with Crippen LogP contribution in [0.5, 0.6) is 0 Å². The molecular formula is C8H6ClN2. The number of hydrogen-bond acceptors (Lipinski definition) is 1. The fraction of sp³-hybridized carbons (Fsp3) is 0.125. The normalized spacial score (nSPS) is 10.7. The molecule has 1 radical (unpaired) electrons.